The molecule has 3 unspecified atom stereocenters. The quantitative estimate of drug-likeness (QED) is 0.0869. The van der Waals surface area contributed by atoms with Crippen LogP contribution in [0.25, 0.3) is 0 Å². The molecule has 0 N–H and O–H groups in total. The molecule has 12 heteroatoms. The minimum atomic E-state index is -0.517. The highest BCUT2D eigenvalue weighted by Crippen LogP contribution is 2.68. The van der Waals surface area contributed by atoms with E-state index in [1.54, 1.807) is 20.8 Å². The van der Waals surface area contributed by atoms with Crippen molar-refractivity contribution in [2.45, 2.75) is 217 Å². The summed E-state index contributed by atoms with van der Waals surface area (Å²) in [5.41, 5.74) is 0.0968. The summed E-state index contributed by atoms with van der Waals surface area (Å²) in [6, 6.07) is 0. The maximum absolute atomic E-state index is 12.8. The number of carbonyl (C=O) groups is 6. The molecule has 0 aromatic carbocycles. The molecule has 0 amide bonds. The van der Waals surface area contributed by atoms with E-state index in [0.29, 0.717) is 70.0 Å². The van der Waals surface area contributed by atoms with Gasteiger partial charge in [-0.15, -0.1) is 0 Å². The summed E-state index contributed by atoms with van der Waals surface area (Å²) in [6.45, 7) is 14.6. The second kappa shape index (κ2) is 22.8. The molecule has 12 nitrogen and oxygen atoms in total. The van der Waals surface area contributed by atoms with E-state index in [1.165, 1.54) is 180 Å². The van der Waals surface area contributed by atoms with Crippen LogP contribution in [0.2, 0.25) is 0 Å². The number of hydrogen-bond donors (Lipinski definition) is 0. The van der Waals surface area contributed by atoms with Gasteiger partial charge in [-0.2, -0.15) is 0 Å². The number of ether oxygens (including phenoxy) is 6. The van der Waals surface area contributed by atoms with Gasteiger partial charge in [-0.05, 0) is 257 Å². The first-order chi connectivity index (χ1) is 37.4. The number of rotatable bonds is 15. The van der Waals surface area contributed by atoms with E-state index in [0.717, 1.165) is 47.3 Å². The van der Waals surface area contributed by atoms with Gasteiger partial charge in [0, 0.05) is 22.6 Å². The highest BCUT2D eigenvalue weighted by molar-refractivity contribution is 5.89. The molecular weight excluding hydrogens is 985 g/mol. The van der Waals surface area contributed by atoms with Crippen molar-refractivity contribution in [2.75, 3.05) is 19.8 Å². The van der Waals surface area contributed by atoms with Crippen LogP contribution in [0.3, 0.4) is 0 Å². The van der Waals surface area contributed by atoms with Crippen LogP contribution in [0.1, 0.15) is 201 Å². The molecule has 16 saturated carbocycles. The lowest BCUT2D eigenvalue weighted by molar-refractivity contribution is -0.237. The van der Waals surface area contributed by atoms with Crippen molar-refractivity contribution in [3.05, 3.63) is 36.5 Å². The molecule has 0 spiro atoms. The second-order valence-electron chi connectivity index (χ2n) is 28.6. The minimum absolute atomic E-state index is 0.277. The highest BCUT2D eigenvalue weighted by Gasteiger charge is 2.67. The summed E-state index contributed by atoms with van der Waals surface area (Å²) in [7, 11) is 0. The van der Waals surface area contributed by atoms with Gasteiger partial charge in [0.25, 0.3) is 0 Å². The molecule has 16 aliphatic carbocycles. The summed E-state index contributed by atoms with van der Waals surface area (Å²) in [6.07, 6.45) is 35.2. The van der Waals surface area contributed by atoms with E-state index < -0.39 is 17.9 Å². The molecule has 14 bridgehead atoms. The lowest BCUT2D eigenvalue weighted by atomic mass is 9.46. The van der Waals surface area contributed by atoms with Gasteiger partial charge in [0.15, 0.2) is 19.8 Å². The van der Waals surface area contributed by atoms with Gasteiger partial charge >= 0.3 is 35.8 Å². The molecular formula is C66H94O12. The van der Waals surface area contributed by atoms with Crippen molar-refractivity contribution in [1.82, 2.24) is 0 Å². The van der Waals surface area contributed by atoms with Crippen molar-refractivity contribution in [2.24, 2.45) is 101 Å². The molecule has 16 fully saturated rings. The molecule has 0 saturated heterocycles. The maximum atomic E-state index is 12.8. The predicted octanol–water partition coefficient (Wildman–Crippen LogP) is 12.7. The normalized spacial score (nSPS) is 41.7. The third kappa shape index (κ3) is 10.7. The Balaban J connectivity index is 0.000000124. The zero-order valence-corrected chi connectivity index (χ0v) is 47.8. The van der Waals surface area contributed by atoms with E-state index in [2.05, 4.69) is 19.7 Å². The first kappa shape index (κ1) is 55.9. The number of hydrogen-bond acceptors (Lipinski definition) is 12. The van der Waals surface area contributed by atoms with E-state index in [4.69, 9.17) is 28.4 Å². The average molecular weight is 1080 g/mol. The Morgan fingerprint density at radius 3 is 0.910 bits per heavy atom. The largest absolute Gasteiger partial charge is 0.456 e. The van der Waals surface area contributed by atoms with E-state index in [9.17, 15) is 28.8 Å². The standard InChI is InChI=1S/C23H32O4.C22H32O4.C21H30O4/c1-13(2)22(25)26-12-21(24)27-23(20-11-14-3-4-17(20)6-14)18-7-15-5-16(9-18)10-19(23)8-15;1-14(2)21(24)25-13-20(23)26-22(17-6-4-3-5-7-17)18-9-15-8-16(11-18)12-19(22)10-15;1-13(2)20(23)24-12-19(22)25-21(16-5-3-4-6-16)17-8-14-7-15(10-17)11-18(21)9-14/h14-20H,1,3-12H2,2H3;15-19H,1,3-13H2,2H3;14-18H,1,3-12H2,2H3. The maximum Gasteiger partial charge on any atom is 0.344 e. The summed E-state index contributed by atoms with van der Waals surface area (Å²) < 4.78 is 34.3. The molecule has 78 heavy (non-hydrogen) atoms. The fourth-order valence-corrected chi connectivity index (χ4v) is 21.6. The summed E-state index contributed by atoms with van der Waals surface area (Å²) in [4.78, 5) is 73.0. The van der Waals surface area contributed by atoms with Gasteiger partial charge in [0.2, 0.25) is 0 Å². The van der Waals surface area contributed by atoms with Crippen LogP contribution >= 0.6 is 0 Å². The van der Waals surface area contributed by atoms with Crippen molar-refractivity contribution >= 4 is 35.8 Å². The Morgan fingerprint density at radius 1 is 0.333 bits per heavy atom. The van der Waals surface area contributed by atoms with Crippen LogP contribution in [0, 0.1) is 101 Å². The predicted molar refractivity (Wildman–Crippen MR) is 292 cm³/mol. The lowest BCUT2D eigenvalue weighted by Crippen LogP contribution is -2.64. The SMILES string of the molecule is C=C(C)C(=O)OCC(=O)OC1(C2CC3CCC2C3)C2CC3CC(C2)CC1C3.C=C(C)C(=O)OCC(=O)OC1(C2CCCC2)C2CC3CC(C2)CC1C3.C=C(C)C(=O)OCC(=O)OC1(C2CCCCC2)C2CC3CC(C2)CC1C3. The van der Waals surface area contributed by atoms with E-state index in [-0.39, 0.29) is 54.5 Å². The molecule has 16 rings (SSSR count). The first-order valence-electron chi connectivity index (χ1n) is 31.6. The van der Waals surface area contributed by atoms with Crippen LogP contribution in [-0.4, -0.2) is 72.4 Å². The van der Waals surface area contributed by atoms with Crippen LogP contribution < -0.4 is 0 Å². The van der Waals surface area contributed by atoms with Crippen LogP contribution in [0.5, 0.6) is 0 Å². The van der Waals surface area contributed by atoms with Crippen molar-refractivity contribution in [3.63, 3.8) is 0 Å². The van der Waals surface area contributed by atoms with Crippen molar-refractivity contribution in [3.8, 4) is 0 Å². The first-order valence-corrected chi connectivity index (χ1v) is 31.6. The number of fused-ring (bicyclic) bond motifs is 2. The summed E-state index contributed by atoms with van der Waals surface area (Å²) in [5, 5.41) is 0. The van der Waals surface area contributed by atoms with Crippen LogP contribution in [0.4, 0.5) is 0 Å². The van der Waals surface area contributed by atoms with E-state index in [1.807, 2.05) is 0 Å². The van der Waals surface area contributed by atoms with E-state index >= 15 is 0 Å². The molecule has 3 atom stereocenters. The fourth-order valence-electron chi connectivity index (χ4n) is 21.6. The minimum Gasteiger partial charge on any atom is -0.456 e. The number of carbonyl (C=O) groups excluding carboxylic acids is 6. The topological polar surface area (TPSA) is 158 Å². The monoisotopic (exact) mass is 1080 g/mol. The smallest absolute Gasteiger partial charge is 0.344 e. The zero-order valence-electron chi connectivity index (χ0n) is 47.8. The molecule has 430 valence electrons. The van der Waals surface area contributed by atoms with Gasteiger partial charge < -0.3 is 28.4 Å². The lowest BCUT2D eigenvalue weighted by Gasteiger charge is -2.63. The van der Waals surface area contributed by atoms with Crippen molar-refractivity contribution in [1.29, 1.82) is 0 Å². The summed E-state index contributed by atoms with van der Waals surface area (Å²) >= 11 is 0. The van der Waals surface area contributed by atoms with Crippen molar-refractivity contribution < 1.29 is 57.2 Å². The Kier molecular flexibility index (Phi) is 16.3. The molecule has 0 heterocycles. The second-order valence-corrected chi connectivity index (χ2v) is 28.6. The van der Waals surface area contributed by atoms with Crippen LogP contribution in [0.15, 0.2) is 36.5 Å². The molecule has 0 aromatic heterocycles. The molecule has 0 radical (unpaired) electrons. The fraction of sp³-hybridized carbons (Fsp3) is 0.818. The molecule has 0 aliphatic heterocycles. The van der Waals surface area contributed by atoms with Crippen LogP contribution in [-0.2, 0) is 57.2 Å². The Morgan fingerprint density at radius 2 is 0.628 bits per heavy atom. The summed E-state index contributed by atoms with van der Waals surface area (Å²) in [5.74, 6) is 8.68. The number of esters is 6. The van der Waals surface area contributed by atoms with Gasteiger partial charge in [0.05, 0.1) is 0 Å². The third-order valence-corrected chi connectivity index (χ3v) is 23.7. The zero-order chi connectivity index (χ0) is 54.7. The Bertz CT molecular complexity index is 2240. The van der Waals surface area contributed by atoms with Gasteiger partial charge in [-0.25, -0.2) is 28.8 Å². The third-order valence-electron chi connectivity index (χ3n) is 23.7. The Labute approximate surface area is 465 Å². The Hall–Kier alpha value is -3.96. The van der Waals surface area contributed by atoms with Gasteiger partial charge in [-0.1, -0.05) is 58.3 Å². The van der Waals surface area contributed by atoms with Gasteiger partial charge in [0.1, 0.15) is 16.8 Å². The highest BCUT2D eigenvalue weighted by atomic mass is 16.6. The molecule has 0 aromatic rings. The average Bonchev–Trinajstić information content (AvgIpc) is 4.36. The van der Waals surface area contributed by atoms with Gasteiger partial charge in [-0.3, -0.25) is 0 Å². The molecule has 16 aliphatic rings.